The maximum Gasteiger partial charge on any atom is 0.196 e. The van der Waals surface area contributed by atoms with Crippen LogP contribution in [0.2, 0.25) is 0 Å². The second-order valence-corrected chi connectivity index (χ2v) is 9.88. The Morgan fingerprint density at radius 2 is 1.13 bits per heavy atom. The first-order chi connectivity index (χ1) is 14.2. The number of hydrogen-bond acceptors (Lipinski definition) is 5. The Labute approximate surface area is 187 Å². The van der Waals surface area contributed by atoms with Gasteiger partial charge in [-0.25, -0.2) is 9.78 Å². The average molecular weight is 433 g/mol. The van der Waals surface area contributed by atoms with Crippen molar-refractivity contribution in [2.24, 2.45) is 5.41 Å². The number of hydrogen-bond donors (Lipinski definition) is 0. The maximum atomic E-state index is 6.18. The van der Waals surface area contributed by atoms with Gasteiger partial charge in [0.05, 0.1) is 5.60 Å². The summed E-state index contributed by atoms with van der Waals surface area (Å²) in [6.45, 7) is 19.5. The fourth-order valence-corrected chi connectivity index (χ4v) is 2.93. The molecule has 2 atom stereocenters. The molecular formula is C25H52O5. The summed E-state index contributed by atoms with van der Waals surface area (Å²) in [6, 6.07) is 0. The van der Waals surface area contributed by atoms with E-state index >= 15 is 0 Å². The normalized spacial score (nSPS) is 14.8. The molecule has 0 aliphatic carbocycles. The predicted molar refractivity (Wildman–Crippen MR) is 125 cm³/mol. The van der Waals surface area contributed by atoms with Gasteiger partial charge in [0.1, 0.15) is 12.7 Å². The Kier molecular flexibility index (Phi) is 17.3. The van der Waals surface area contributed by atoms with Crippen molar-refractivity contribution in [2.45, 2.75) is 131 Å². The first-order valence-corrected chi connectivity index (χ1v) is 12.3. The van der Waals surface area contributed by atoms with Crippen molar-refractivity contribution in [1.82, 2.24) is 0 Å². The summed E-state index contributed by atoms with van der Waals surface area (Å²) < 4.78 is 18.3. The average Bonchev–Trinajstić information content (AvgIpc) is 2.67. The topological polar surface area (TPSA) is 46.2 Å². The Balaban J connectivity index is 4.72. The zero-order valence-electron chi connectivity index (χ0n) is 21.4. The van der Waals surface area contributed by atoms with Crippen molar-refractivity contribution in [3.05, 3.63) is 0 Å². The van der Waals surface area contributed by atoms with Crippen LogP contribution in [0.4, 0.5) is 0 Å². The molecule has 0 saturated carbocycles. The predicted octanol–water partition coefficient (Wildman–Crippen LogP) is 7.07. The van der Waals surface area contributed by atoms with E-state index in [1.165, 1.54) is 32.1 Å². The highest BCUT2D eigenvalue weighted by Crippen LogP contribution is 2.25. The minimum absolute atomic E-state index is 0.171. The van der Waals surface area contributed by atoms with Crippen molar-refractivity contribution in [3.8, 4) is 0 Å². The summed E-state index contributed by atoms with van der Waals surface area (Å²) in [5.41, 5.74) is -0.613. The lowest BCUT2D eigenvalue weighted by Crippen LogP contribution is -2.45. The van der Waals surface area contributed by atoms with E-state index in [0.29, 0.717) is 19.8 Å². The van der Waals surface area contributed by atoms with Crippen molar-refractivity contribution in [3.63, 3.8) is 0 Å². The second-order valence-electron chi connectivity index (χ2n) is 9.88. The molecule has 0 bridgehead atoms. The van der Waals surface area contributed by atoms with Crippen molar-refractivity contribution in [2.75, 3.05) is 26.4 Å². The molecule has 0 heterocycles. The molecule has 0 aliphatic rings. The Hall–Kier alpha value is -0.200. The third kappa shape index (κ3) is 14.7. The molecule has 5 heteroatoms. The van der Waals surface area contributed by atoms with Gasteiger partial charge in [0.25, 0.3) is 0 Å². The largest absolute Gasteiger partial charge is 0.373 e. The first-order valence-electron chi connectivity index (χ1n) is 12.3. The van der Waals surface area contributed by atoms with Gasteiger partial charge < -0.3 is 14.2 Å². The maximum absolute atomic E-state index is 6.18. The van der Waals surface area contributed by atoms with Gasteiger partial charge in [0, 0.05) is 25.2 Å². The number of ether oxygens (including phenoxy) is 3. The Morgan fingerprint density at radius 1 is 0.633 bits per heavy atom. The highest BCUT2D eigenvalue weighted by molar-refractivity contribution is 4.80. The smallest absolute Gasteiger partial charge is 0.196 e. The molecule has 0 rings (SSSR count). The van der Waals surface area contributed by atoms with Crippen LogP contribution in [-0.2, 0) is 24.0 Å². The van der Waals surface area contributed by atoms with Gasteiger partial charge in [-0.15, -0.1) is 0 Å². The Bertz CT molecular complexity index is 378. The fraction of sp³-hybridized carbons (Fsp3) is 1.00. The van der Waals surface area contributed by atoms with Crippen LogP contribution in [0.25, 0.3) is 0 Å². The molecule has 5 nitrogen and oxygen atoms in total. The van der Waals surface area contributed by atoms with Gasteiger partial charge in [-0.3, -0.25) is 0 Å². The van der Waals surface area contributed by atoms with Gasteiger partial charge in [-0.1, -0.05) is 80.1 Å². The van der Waals surface area contributed by atoms with E-state index < -0.39 is 11.9 Å². The molecule has 0 spiro atoms. The van der Waals surface area contributed by atoms with E-state index in [1.807, 2.05) is 0 Å². The molecular weight excluding hydrogens is 380 g/mol. The van der Waals surface area contributed by atoms with Crippen LogP contribution in [0.15, 0.2) is 0 Å². The summed E-state index contributed by atoms with van der Waals surface area (Å²) in [7, 11) is 0. The van der Waals surface area contributed by atoms with E-state index in [0.717, 1.165) is 32.3 Å². The van der Waals surface area contributed by atoms with E-state index in [4.69, 9.17) is 24.0 Å². The Morgan fingerprint density at radius 3 is 1.63 bits per heavy atom. The van der Waals surface area contributed by atoms with E-state index in [1.54, 1.807) is 0 Å². The van der Waals surface area contributed by atoms with Crippen LogP contribution < -0.4 is 0 Å². The minimum Gasteiger partial charge on any atom is -0.373 e. The molecule has 0 aromatic heterocycles. The third-order valence-corrected chi connectivity index (χ3v) is 5.16. The SMILES string of the molecule is CCCCCOC(OOCC(OCCCCC)C(C)(C)OCCCCC)C(C)(C)C. The number of unbranched alkanes of at least 4 members (excludes halogenated alkanes) is 6. The van der Waals surface area contributed by atoms with Crippen LogP contribution in [0.3, 0.4) is 0 Å². The summed E-state index contributed by atoms with van der Waals surface area (Å²) >= 11 is 0. The molecule has 0 aromatic rings. The third-order valence-electron chi connectivity index (χ3n) is 5.16. The molecule has 0 radical (unpaired) electrons. The first kappa shape index (κ1) is 29.8. The molecule has 0 aromatic carbocycles. The monoisotopic (exact) mass is 432 g/mol. The molecule has 182 valence electrons. The van der Waals surface area contributed by atoms with Gasteiger partial charge in [-0.2, -0.15) is 0 Å². The molecule has 0 N–H and O–H groups in total. The van der Waals surface area contributed by atoms with Crippen LogP contribution in [0.5, 0.6) is 0 Å². The van der Waals surface area contributed by atoms with Gasteiger partial charge in [-0.05, 0) is 33.1 Å². The van der Waals surface area contributed by atoms with Gasteiger partial charge >= 0.3 is 0 Å². The molecule has 0 aliphatic heterocycles. The lowest BCUT2D eigenvalue weighted by Gasteiger charge is -2.35. The van der Waals surface area contributed by atoms with Crippen molar-refractivity contribution >= 4 is 0 Å². The standard InChI is InChI=1S/C25H52O5/c1-9-12-15-18-26-22(25(7,8)28-20-17-14-11-3)21-29-30-23(24(4,5)6)27-19-16-13-10-2/h22-23H,9-21H2,1-8H3. The lowest BCUT2D eigenvalue weighted by molar-refractivity contribution is -0.408. The van der Waals surface area contributed by atoms with Crippen LogP contribution in [0, 0.1) is 5.41 Å². The minimum atomic E-state index is -0.442. The van der Waals surface area contributed by atoms with Crippen LogP contribution in [-0.4, -0.2) is 44.4 Å². The second kappa shape index (κ2) is 17.4. The molecule has 2 unspecified atom stereocenters. The highest BCUT2D eigenvalue weighted by atomic mass is 17.2. The van der Waals surface area contributed by atoms with Gasteiger partial charge in [0.15, 0.2) is 6.29 Å². The zero-order valence-corrected chi connectivity index (χ0v) is 21.4. The van der Waals surface area contributed by atoms with E-state index in [2.05, 4.69) is 55.4 Å². The lowest BCUT2D eigenvalue weighted by atomic mass is 9.96. The highest BCUT2D eigenvalue weighted by Gasteiger charge is 2.33. The number of rotatable bonds is 20. The molecule has 0 saturated heterocycles. The fourth-order valence-electron chi connectivity index (χ4n) is 2.93. The molecule has 0 amide bonds. The van der Waals surface area contributed by atoms with Crippen LogP contribution in [0.1, 0.15) is 113 Å². The van der Waals surface area contributed by atoms with E-state index in [-0.39, 0.29) is 11.5 Å². The van der Waals surface area contributed by atoms with E-state index in [9.17, 15) is 0 Å². The summed E-state index contributed by atoms with van der Waals surface area (Å²) in [6.07, 6.45) is 9.58. The van der Waals surface area contributed by atoms with Crippen molar-refractivity contribution in [1.29, 1.82) is 0 Å². The van der Waals surface area contributed by atoms with Gasteiger partial charge in [0.2, 0.25) is 0 Å². The zero-order chi connectivity index (χ0) is 22.9. The molecule has 30 heavy (non-hydrogen) atoms. The quantitative estimate of drug-likeness (QED) is 0.0890. The van der Waals surface area contributed by atoms with Crippen molar-refractivity contribution < 1.29 is 24.0 Å². The summed E-state index contributed by atoms with van der Waals surface area (Å²) in [4.78, 5) is 11.4. The molecule has 0 fully saturated rings. The van der Waals surface area contributed by atoms with Crippen LogP contribution >= 0.6 is 0 Å². The summed E-state index contributed by atoms with van der Waals surface area (Å²) in [5, 5.41) is 0. The summed E-state index contributed by atoms with van der Waals surface area (Å²) in [5.74, 6) is 0.